The molecule has 0 nitrogen and oxygen atoms in total. The molecule has 1 heteroatoms. The Labute approximate surface area is 120 Å². The maximum absolute atomic E-state index is 3.54. The zero-order valence-corrected chi connectivity index (χ0v) is 13.6. The molecule has 0 N–H and O–H groups in total. The minimum atomic E-state index is 1.17. The van der Waals surface area contributed by atoms with Crippen LogP contribution in [0, 0.1) is 6.92 Å². The van der Waals surface area contributed by atoms with E-state index in [2.05, 4.69) is 65.3 Å². The maximum atomic E-state index is 3.54. The highest BCUT2D eigenvalue weighted by molar-refractivity contribution is 9.10. The Bertz CT molecular complexity index is 433. The van der Waals surface area contributed by atoms with E-state index in [1.807, 2.05) is 33.8 Å². The second-order valence-electron chi connectivity index (χ2n) is 3.28. The van der Waals surface area contributed by atoms with Gasteiger partial charge in [-0.2, -0.15) is 0 Å². The highest BCUT2D eigenvalue weighted by Gasteiger charge is 2.02. The van der Waals surface area contributed by atoms with Gasteiger partial charge >= 0.3 is 0 Å². The molecule has 2 aromatic rings. The van der Waals surface area contributed by atoms with Crippen molar-refractivity contribution in [1.29, 1.82) is 0 Å². The highest BCUT2D eigenvalue weighted by Crippen LogP contribution is 2.27. The zero-order chi connectivity index (χ0) is 14.0. The van der Waals surface area contributed by atoms with Gasteiger partial charge in [0, 0.05) is 4.47 Å². The second-order valence-corrected chi connectivity index (χ2v) is 4.13. The van der Waals surface area contributed by atoms with Crippen LogP contribution in [0.4, 0.5) is 0 Å². The van der Waals surface area contributed by atoms with Gasteiger partial charge < -0.3 is 0 Å². The fraction of sp³-hybridized carbons (Fsp3) is 0.294. The van der Waals surface area contributed by atoms with Crippen LogP contribution in [0.25, 0.3) is 11.1 Å². The molecule has 0 atom stereocenters. The highest BCUT2D eigenvalue weighted by atomic mass is 79.9. The zero-order valence-electron chi connectivity index (χ0n) is 12.0. The molecule has 0 spiro atoms. The van der Waals surface area contributed by atoms with Gasteiger partial charge in [-0.25, -0.2) is 0 Å². The van der Waals surface area contributed by atoms with Crippen LogP contribution < -0.4 is 0 Å². The van der Waals surface area contributed by atoms with E-state index in [1.165, 1.54) is 21.2 Å². The predicted molar refractivity (Wildman–Crippen MR) is 87.0 cm³/mol. The van der Waals surface area contributed by atoms with E-state index in [-0.39, 0.29) is 0 Å². The molecule has 0 unspecified atom stereocenters. The van der Waals surface area contributed by atoms with Crippen LogP contribution in [0.2, 0.25) is 0 Å². The average molecular weight is 307 g/mol. The van der Waals surface area contributed by atoms with E-state index in [1.54, 1.807) is 0 Å². The molecule has 18 heavy (non-hydrogen) atoms. The van der Waals surface area contributed by atoms with Crippen LogP contribution in [0.5, 0.6) is 0 Å². The summed E-state index contributed by atoms with van der Waals surface area (Å²) < 4.78 is 1.17. The first kappa shape index (κ1) is 16.9. The Balaban J connectivity index is 0.000000659. The van der Waals surface area contributed by atoms with E-state index in [0.717, 1.165) is 0 Å². The summed E-state index contributed by atoms with van der Waals surface area (Å²) in [5, 5.41) is 0. The SMILES string of the molecule is CC.CC.Cc1c(Br)cccc1-c1ccccc1. The number of rotatable bonds is 1. The number of halogens is 1. The Morgan fingerprint density at radius 3 is 1.83 bits per heavy atom. The van der Waals surface area contributed by atoms with Crippen molar-refractivity contribution in [2.24, 2.45) is 0 Å². The third kappa shape index (κ3) is 4.66. The van der Waals surface area contributed by atoms with Crippen LogP contribution in [0.15, 0.2) is 53.0 Å². The standard InChI is InChI=1S/C13H11Br.2C2H6/c1-10-12(8-5-9-13(10)14)11-6-3-2-4-7-11;2*1-2/h2-9H,1H3;2*1-2H3. The van der Waals surface area contributed by atoms with E-state index >= 15 is 0 Å². The van der Waals surface area contributed by atoms with E-state index in [9.17, 15) is 0 Å². The van der Waals surface area contributed by atoms with Gasteiger partial charge in [0.1, 0.15) is 0 Å². The number of benzene rings is 2. The molecule has 0 aromatic heterocycles. The van der Waals surface area contributed by atoms with Gasteiger partial charge in [0.05, 0.1) is 0 Å². The molecule has 0 aliphatic carbocycles. The fourth-order valence-corrected chi connectivity index (χ4v) is 1.90. The molecule has 2 aromatic carbocycles. The van der Waals surface area contributed by atoms with Crippen LogP contribution in [0.1, 0.15) is 33.3 Å². The van der Waals surface area contributed by atoms with E-state index in [4.69, 9.17) is 0 Å². The lowest BCUT2D eigenvalue weighted by Gasteiger charge is -2.07. The van der Waals surface area contributed by atoms with E-state index in [0.29, 0.717) is 0 Å². The van der Waals surface area contributed by atoms with Gasteiger partial charge in [-0.15, -0.1) is 0 Å². The van der Waals surface area contributed by atoms with Crippen molar-refractivity contribution >= 4 is 15.9 Å². The molecule has 0 aliphatic heterocycles. The van der Waals surface area contributed by atoms with Crippen LogP contribution >= 0.6 is 15.9 Å². The second kappa shape index (κ2) is 9.90. The Morgan fingerprint density at radius 2 is 1.28 bits per heavy atom. The van der Waals surface area contributed by atoms with Crippen molar-refractivity contribution in [3.05, 3.63) is 58.6 Å². The van der Waals surface area contributed by atoms with Crippen molar-refractivity contribution in [2.75, 3.05) is 0 Å². The Morgan fingerprint density at radius 1 is 0.722 bits per heavy atom. The normalized spacial score (nSPS) is 8.56. The summed E-state index contributed by atoms with van der Waals surface area (Å²) in [7, 11) is 0. The molecular weight excluding hydrogens is 284 g/mol. The molecule has 0 aliphatic rings. The summed E-state index contributed by atoms with van der Waals surface area (Å²) in [4.78, 5) is 0. The summed E-state index contributed by atoms with van der Waals surface area (Å²) >= 11 is 3.54. The summed E-state index contributed by atoms with van der Waals surface area (Å²) in [5.74, 6) is 0. The molecule has 0 saturated heterocycles. The van der Waals surface area contributed by atoms with Gasteiger partial charge in [-0.1, -0.05) is 86.1 Å². The molecule has 0 amide bonds. The van der Waals surface area contributed by atoms with Crippen molar-refractivity contribution in [3.8, 4) is 11.1 Å². The maximum Gasteiger partial charge on any atom is 0.0210 e. The van der Waals surface area contributed by atoms with Gasteiger partial charge in [-0.3, -0.25) is 0 Å². The Hall–Kier alpha value is -1.08. The molecule has 98 valence electrons. The van der Waals surface area contributed by atoms with Crippen LogP contribution in [0.3, 0.4) is 0 Å². The van der Waals surface area contributed by atoms with Crippen molar-refractivity contribution in [1.82, 2.24) is 0 Å². The van der Waals surface area contributed by atoms with Crippen molar-refractivity contribution < 1.29 is 0 Å². The lowest BCUT2D eigenvalue weighted by Crippen LogP contribution is -1.83. The molecule has 0 radical (unpaired) electrons. The van der Waals surface area contributed by atoms with Gasteiger partial charge in [0.2, 0.25) is 0 Å². The topological polar surface area (TPSA) is 0 Å². The summed E-state index contributed by atoms with van der Waals surface area (Å²) in [6.45, 7) is 10.1. The fourth-order valence-electron chi connectivity index (χ4n) is 1.54. The first-order chi connectivity index (χ1) is 8.79. The van der Waals surface area contributed by atoms with E-state index < -0.39 is 0 Å². The predicted octanol–water partition coefficient (Wildman–Crippen LogP) is 6.48. The molecule has 2 rings (SSSR count). The van der Waals surface area contributed by atoms with Crippen LogP contribution in [-0.2, 0) is 0 Å². The third-order valence-electron chi connectivity index (χ3n) is 2.35. The minimum absolute atomic E-state index is 1.17. The molecule has 0 fully saturated rings. The first-order valence-corrected chi connectivity index (χ1v) is 7.39. The Kier molecular flexibility index (Phi) is 9.31. The van der Waals surface area contributed by atoms with Crippen molar-refractivity contribution in [2.45, 2.75) is 34.6 Å². The summed E-state index contributed by atoms with van der Waals surface area (Å²) in [6, 6.07) is 16.7. The summed E-state index contributed by atoms with van der Waals surface area (Å²) in [5.41, 5.74) is 3.85. The molecule has 0 bridgehead atoms. The first-order valence-electron chi connectivity index (χ1n) is 6.59. The monoisotopic (exact) mass is 306 g/mol. The third-order valence-corrected chi connectivity index (χ3v) is 3.21. The van der Waals surface area contributed by atoms with Crippen molar-refractivity contribution in [3.63, 3.8) is 0 Å². The molecular formula is C17H23Br. The van der Waals surface area contributed by atoms with Gasteiger partial charge in [0.15, 0.2) is 0 Å². The molecule has 0 heterocycles. The van der Waals surface area contributed by atoms with Gasteiger partial charge in [0.25, 0.3) is 0 Å². The van der Waals surface area contributed by atoms with Crippen LogP contribution in [-0.4, -0.2) is 0 Å². The molecule has 0 saturated carbocycles. The minimum Gasteiger partial charge on any atom is -0.0683 e. The largest absolute Gasteiger partial charge is 0.0683 e. The smallest absolute Gasteiger partial charge is 0.0210 e. The number of hydrogen-bond acceptors (Lipinski definition) is 0. The lowest BCUT2D eigenvalue weighted by atomic mass is 10.0. The quantitative estimate of drug-likeness (QED) is 0.566. The lowest BCUT2D eigenvalue weighted by molar-refractivity contribution is 1.42. The van der Waals surface area contributed by atoms with Gasteiger partial charge in [-0.05, 0) is 29.7 Å². The summed E-state index contributed by atoms with van der Waals surface area (Å²) in [6.07, 6.45) is 0. The average Bonchev–Trinajstić information content (AvgIpc) is 2.47. The number of hydrogen-bond donors (Lipinski definition) is 0.